The number of rotatable bonds is 7. The Morgan fingerprint density at radius 2 is 1.67 bits per heavy atom. The van der Waals surface area contributed by atoms with Gasteiger partial charge in [0.1, 0.15) is 5.82 Å². The number of nitrogens with one attached hydrogen (secondary N) is 1. The second kappa shape index (κ2) is 9.43. The summed E-state index contributed by atoms with van der Waals surface area (Å²) < 4.78 is 16.3. The highest BCUT2D eigenvalue weighted by Gasteiger charge is 2.24. The number of thiophene rings is 1. The lowest BCUT2D eigenvalue weighted by Gasteiger charge is -2.15. The molecular formula is C28H23FN2OS. The third kappa shape index (κ3) is 4.59. The van der Waals surface area contributed by atoms with E-state index in [0.717, 1.165) is 27.9 Å². The summed E-state index contributed by atoms with van der Waals surface area (Å²) in [4.78, 5) is 14.1. The zero-order chi connectivity index (χ0) is 22.6. The van der Waals surface area contributed by atoms with Crippen molar-refractivity contribution in [2.45, 2.75) is 18.9 Å². The van der Waals surface area contributed by atoms with Gasteiger partial charge in [0.05, 0.1) is 5.69 Å². The second-order valence-electron chi connectivity index (χ2n) is 8.02. The van der Waals surface area contributed by atoms with Crippen molar-refractivity contribution in [2.24, 2.45) is 0 Å². The van der Waals surface area contributed by atoms with Gasteiger partial charge in [0.15, 0.2) is 0 Å². The Hall–Kier alpha value is -3.70. The molecule has 0 bridgehead atoms. The van der Waals surface area contributed by atoms with E-state index in [1.54, 1.807) is 29.5 Å². The quantitative estimate of drug-likeness (QED) is 0.281. The summed E-state index contributed by atoms with van der Waals surface area (Å²) in [5, 5.41) is 5.91. The van der Waals surface area contributed by atoms with Crippen molar-refractivity contribution in [1.82, 2.24) is 4.57 Å². The summed E-state index contributed by atoms with van der Waals surface area (Å²) >= 11 is 1.64. The molecule has 5 aromatic rings. The number of hydrogen-bond acceptors (Lipinski definition) is 2. The molecule has 1 unspecified atom stereocenters. The molecule has 0 saturated heterocycles. The number of hydrogen-bond donors (Lipinski definition) is 1. The number of anilines is 1. The van der Waals surface area contributed by atoms with E-state index in [0.29, 0.717) is 0 Å². The van der Waals surface area contributed by atoms with Gasteiger partial charge in [-0.2, -0.15) is 0 Å². The van der Waals surface area contributed by atoms with Crippen LogP contribution in [0.15, 0.2) is 103 Å². The van der Waals surface area contributed by atoms with Gasteiger partial charge in [0.25, 0.3) is 0 Å². The third-order valence-electron chi connectivity index (χ3n) is 5.81. The van der Waals surface area contributed by atoms with Crippen molar-refractivity contribution in [2.75, 3.05) is 5.32 Å². The average molecular weight is 455 g/mol. The Morgan fingerprint density at radius 3 is 2.45 bits per heavy atom. The molecule has 33 heavy (non-hydrogen) atoms. The largest absolute Gasteiger partial charge is 0.343 e. The van der Waals surface area contributed by atoms with Gasteiger partial charge in [-0.3, -0.25) is 4.79 Å². The van der Waals surface area contributed by atoms with E-state index in [9.17, 15) is 9.18 Å². The number of para-hydroxylation sites is 2. The molecule has 1 atom stereocenters. The molecule has 0 aliphatic carbocycles. The number of benzene rings is 3. The number of nitrogens with zero attached hydrogens (tertiary/aromatic N) is 1. The van der Waals surface area contributed by atoms with Gasteiger partial charge in [-0.25, -0.2) is 4.39 Å². The van der Waals surface area contributed by atoms with E-state index < -0.39 is 5.82 Å². The maximum absolute atomic E-state index is 14.1. The molecule has 3 aromatic carbocycles. The van der Waals surface area contributed by atoms with E-state index >= 15 is 0 Å². The molecule has 0 aliphatic rings. The molecule has 0 fully saturated rings. The van der Waals surface area contributed by atoms with Gasteiger partial charge in [-0.15, -0.1) is 11.3 Å². The minimum Gasteiger partial charge on any atom is -0.343 e. The highest BCUT2D eigenvalue weighted by Crippen LogP contribution is 2.37. The van der Waals surface area contributed by atoms with Gasteiger partial charge in [0.2, 0.25) is 5.91 Å². The molecule has 1 N–H and O–H groups in total. The number of fused-ring (bicyclic) bond motifs is 1. The van der Waals surface area contributed by atoms with Crippen molar-refractivity contribution in [1.29, 1.82) is 0 Å². The number of carbonyl (C=O) groups excluding carboxylic acids is 1. The minimum absolute atomic E-state index is 0.126. The second-order valence-corrected chi connectivity index (χ2v) is 8.99. The van der Waals surface area contributed by atoms with Gasteiger partial charge in [-0.05, 0) is 40.8 Å². The molecule has 164 valence electrons. The summed E-state index contributed by atoms with van der Waals surface area (Å²) in [6.07, 6.45) is 2.40. The predicted molar refractivity (Wildman–Crippen MR) is 133 cm³/mol. The summed E-state index contributed by atoms with van der Waals surface area (Å²) in [6.45, 7) is 0.750. The maximum Gasteiger partial charge on any atom is 0.225 e. The number of halogens is 1. The van der Waals surface area contributed by atoms with Crippen LogP contribution in [0.25, 0.3) is 10.9 Å². The topological polar surface area (TPSA) is 34.0 Å². The smallest absolute Gasteiger partial charge is 0.225 e. The van der Waals surface area contributed by atoms with Crippen LogP contribution in [0.1, 0.15) is 28.3 Å². The Balaban J connectivity index is 1.51. The molecule has 1 amide bonds. The monoisotopic (exact) mass is 454 g/mol. The van der Waals surface area contributed by atoms with Crippen LogP contribution in [0, 0.1) is 5.82 Å². The summed E-state index contributed by atoms with van der Waals surface area (Å²) in [6, 6.07) is 29.0. The maximum atomic E-state index is 14.1. The van der Waals surface area contributed by atoms with Crippen LogP contribution in [0.5, 0.6) is 0 Å². The van der Waals surface area contributed by atoms with E-state index in [2.05, 4.69) is 46.4 Å². The molecule has 3 nitrogen and oxygen atoms in total. The molecule has 5 rings (SSSR count). The SMILES string of the molecule is O=C(CC(c1cccs1)c1cn(Cc2ccccc2)c2ccccc12)Nc1ccccc1F. The van der Waals surface area contributed by atoms with Crippen molar-refractivity contribution < 1.29 is 9.18 Å². The average Bonchev–Trinajstić information content (AvgIpc) is 3.49. The molecule has 0 radical (unpaired) electrons. The van der Waals surface area contributed by atoms with E-state index in [1.807, 2.05) is 41.8 Å². The van der Waals surface area contributed by atoms with Gasteiger partial charge >= 0.3 is 0 Å². The molecule has 2 heterocycles. The third-order valence-corrected chi connectivity index (χ3v) is 6.80. The van der Waals surface area contributed by atoms with Crippen LogP contribution in [0.3, 0.4) is 0 Å². The molecule has 0 spiro atoms. The van der Waals surface area contributed by atoms with E-state index in [4.69, 9.17) is 0 Å². The van der Waals surface area contributed by atoms with Gasteiger partial charge < -0.3 is 9.88 Å². The minimum atomic E-state index is -0.432. The van der Waals surface area contributed by atoms with Crippen LogP contribution in [-0.4, -0.2) is 10.5 Å². The summed E-state index contributed by atoms with van der Waals surface area (Å²) in [7, 11) is 0. The van der Waals surface area contributed by atoms with Crippen molar-refractivity contribution in [3.05, 3.63) is 124 Å². The van der Waals surface area contributed by atoms with Gasteiger partial charge in [-0.1, -0.05) is 66.7 Å². The van der Waals surface area contributed by atoms with Crippen molar-refractivity contribution in [3.63, 3.8) is 0 Å². The number of amides is 1. The lowest BCUT2D eigenvalue weighted by atomic mass is 9.93. The van der Waals surface area contributed by atoms with Gasteiger partial charge in [0, 0.05) is 40.9 Å². The highest BCUT2D eigenvalue weighted by atomic mass is 32.1. The van der Waals surface area contributed by atoms with E-state index in [1.165, 1.54) is 11.6 Å². The summed E-state index contributed by atoms with van der Waals surface area (Å²) in [5.41, 5.74) is 3.66. The standard InChI is InChI=1S/C28H23FN2OS/c29-24-12-5-6-13-25(24)30-28(32)17-22(27-15-8-16-33-27)23-19-31(18-20-9-2-1-3-10-20)26-14-7-4-11-21(23)26/h1-16,19,22H,17-18H2,(H,30,32). The zero-order valence-electron chi connectivity index (χ0n) is 17.9. The van der Waals surface area contributed by atoms with Crippen molar-refractivity contribution in [3.8, 4) is 0 Å². The fraction of sp³-hybridized carbons (Fsp3) is 0.107. The fourth-order valence-electron chi connectivity index (χ4n) is 4.27. The van der Waals surface area contributed by atoms with E-state index in [-0.39, 0.29) is 23.9 Å². The van der Waals surface area contributed by atoms with Crippen LogP contribution in [-0.2, 0) is 11.3 Å². The van der Waals surface area contributed by atoms with Crippen LogP contribution in [0.4, 0.5) is 10.1 Å². The first-order valence-electron chi connectivity index (χ1n) is 10.9. The Morgan fingerprint density at radius 1 is 0.909 bits per heavy atom. The van der Waals surface area contributed by atoms with Crippen LogP contribution >= 0.6 is 11.3 Å². The number of carbonyl (C=O) groups is 1. The highest BCUT2D eigenvalue weighted by molar-refractivity contribution is 7.10. The first-order chi connectivity index (χ1) is 16.2. The zero-order valence-corrected chi connectivity index (χ0v) is 18.8. The predicted octanol–water partition coefficient (Wildman–Crippen LogP) is 7.05. The van der Waals surface area contributed by atoms with Crippen LogP contribution < -0.4 is 5.32 Å². The molecule has 0 saturated carbocycles. The molecule has 2 aromatic heterocycles. The fourth-order valence-corrected chi connectivity index (χ4v) is 5.11. The van der Waals surface area contributed by atoms with Crippen molar-refractivity contribution >= 4 is 33.8 Å². The molecule has 0 aliphatic heterocycles. The Labute approximate surface area is 196 Å². The Kier molecular flexibility index (Phi) is 6.05. The summed E-state index contributed by atoms with van der Waals surface area (Å²) in [5.74, 6) is -0.768. The lowest BCUT2D eigenvalue weighted by molar-refractivity contribution is -0.116. The lowest BCUT2D eigenvalue weighted by Crippen LogP contribution is -2.16. The normalized spacial score (nSPS) is 12.0. The first kappa shape index (κ1) is 21.2. The molecular weight excluding hydrogens is 431 g/mol. The first-order valence-corrected chi connectivity index (χ1v) is 11.8. The number of aromatic nitrogens is 1. The Bertz CT molecular complexity index is 1380. The molecule has 5 heteroatoms. The van der Waals surface area contributed by atoms with Crippen LogP contribution in [0.2, 0.25) is 0 Å².